The molecule has 25 heavy (non-hydrogen) atoms. The molecule has 0 aliphatic rings. The first-order chi connectivity index (χ1) is 12.0. The molecule has 0 saturated heterocycles. The average Bonchev–Trinajstić information content (AvgIpc) is 2.63. The van der Waals surface area contributed by atoms with Gasteiger partial charge < -0.3 is 14.8 Å². The van der Waals surface area contributed by atoms with Gasteiger partial charge in [0.1, 0.15) is 11.5 Å². The Morgan fingerprint density at radius 3 is 2.52 bits per heavy atom. The maximum atomic E-state index is 11.9. The molecule has 0 atom stereocenters. The normalized spacial score (nSPS) is 10.4. The van der Waals surface area contributed by atoms with Crippen LogP contribution in [-0.4, -0.2) is 32.2 Å². The summed E-state index contributed by atoms with van der Waals surface area (Å²) in [5.41, 5.74) is 3.08. The van der Waals surface area contributed by atoms with Crippen LogP contribution in [0.25, 0.3) is 0 Å². The van der Waals surface area contributed by atoms with Crippen LogP contribution in [-0.2, 0) is 9.59 Å². The molecule has 0 unspecified atom stereocenters. The van der Waals surface area contributed by atoms with Crippen molar-refractivity contribution in [1.82, 2.24) is 5.43 Å². The quantitative estimate of drug-likeness (QED) is 0.486. The highest BCUT2D eigenvalue weighted by Crippen LogP contribution is 2.28. The molecule has 0 aliphatic heterocycles. The Labute approximate surface area is 149 Å². The van der Waals surface area contributed by atoms with Gasteiger partial charge >= 0.3 is 11.8 Å². The molecule has 0 spiro atoms. The lowest BCUT2D eigenvalue weighted by atomic mass is 10.2. The molecule has 2 amide bonds. The molecule has 2 aromatic rings. The number of hydrogen-bond acceptors (Lipinski definition) is 5. The highest BCUT2D eigenvalue weighted by atomic mass is 35.5. The lowest BCUT2D eigenvalue weighted by Gasteiger charge is -2.10. The van der Waals surface area contributed by atoms with Crippen LogP contribution in [0.4, 0.5) is 5.69 Å². The lowest BCUT2D eigenvalue weighted by Crippen LogP contribution is -2.32. The second-order valence-corrected chi connectivity index (χ2v) is 5.15. The molecular weight excluding hydrogens is 346 g/mol. The summed E-state index contributed by atoms with van der Waals surface area (Å²) in [6.07, 6.45) is 1.35. The fourth-order valence-corrected chi connectivity index (χ4v) is 2.06. The Morgan fingerprint density at radius 1 is 1.08 bits per heavy atom. The molecule has 0 fully saturated rings. The number of nitrogens with one attached hydrogen (secondary N) is 2. The molecule has 8 heteroatoms. The minimum Gasteiger partial charge on any atom is -0.497 e. The van der Waals surface area contributed by atoms with Gasteiger partial charge in [0.15, 0.2) is 0 Å². The first-order valence-electron chi connectivity index (χ1n) is 7.16. The van der Waals surface area contributed by atoms with Gasteiger partial charge in [-0.15, -0.1) is 0 Å². The van der Waals surface area contributed by atoms with E-state index in [1.807, 2.05) is 0 Å². The Kier molecular flexibility index (Phi) is 6.36. The summed E-state index contributed by atoms with van der Waals surface area (Å²) in [4.78, 5) is 23.7. The topological polar surface area (TPSA) is 89.0 Å². The van der Waals surface area contributed by atoms with E-state index in [1.165, 1.54) is 20.4 Å². The second-order valence-electron chi connectivity index (χ2n) is 4.74. The maximum absolute atomic E-state index is 11.9. The van der Waals surface area contributed by atoms with Crippen molar-refractivity contribution in [3.05, 3.63) is 53.1 Å². The van der Waals surface area contributed by atoms with Gasteiger partial charge in [0, 0.05) is 16.7 Å². The van der Waals surface area contributed by atoms with Crippen LogP contribution in [0.1, 0.15) is 5.56 Å². The second kappa shape index (κ2) is 8.70. The van der Waals surface area contributed by atoms with Gasteiger partial charge in [-0.2, -0.15) is 5.10 Å². The van der Waals surface area contributed by atoms with Crippen LogP contribution in [0.3, 0.4) is 0 Å². The number of nitrogens with zero attached hydrogens (tertiary/aromatic N) is 1. The van der Waals surface area contributed by atoms with E-state index in [0.717, 1.165) is 0 Å². The summed E-state index contributed by atoms with van der Waals surface area (Å²) in [7, 11) is 2.95. The summed E-state index contributed by atoms with van der Waals surface area (Å²) in [5.74, 6) is -0.898. The summed E-state index contributed by atoms with van der Waals surface area (Å²) < 4.78 is 10.2. The number of anilines is 1. The molecule has 2 rings (SSSR count). The number of benzene rings is 2. The first kappa shape index (κ1) is 18.3. The SMILES string of the molecule is COc1ccc(NC(=O)C(=O)N/N=C/c2ccccc2Cl)c(OC)c1. The first-order valence-corrected chi connectivity index (χ1v) is 7.54. The van der Waals surface area contributed by atoms with Crippen molar-refractivity contribution in [1.29, 1.82) is 0 Å². The highest BCUT2D eigenvalue weighted by Gasteiger charge is 2.15. The van der Waals surface area contributed by atoms with Gasteiger partial charge in [0.05, 0.1) is 26.1 Å². The van der Waals surface area contributed by atoms with E-state index in [4.69, 9.17) is 21.1 Å². The number of amides is 2. The third kappa shape index (κ3) is 4.95. The van der Waals surface area contributed by atoms with E-state index < -0.39 is 11.8 Å². The van der Waals surface area contributed by atoms with Crippen molar-refractivity contribution in [2.75, 3.05) is 19.5 Å². The number of hydrogen-bond donors (Lipinski definition) is 2. The van der Waals surface area contributed by atoms with E-state index in [0.29, 0.717) is 27.8 Å². The van der Waals surface area contributed by atoms with E-state index in [9.17, 15) is 9.59 Å². The van der Waals surface area contributed by atoms with Crippen LogP contribution >= 0.6 is 11.6 Å². The Bertz CT molecular complexity index is 808. The number of carbonyl (C=O) groups is 2. The Balaban J connectivity index is 1.99. The van der Waals surface area contributed by atoms with Crippen molar-refractivity contribution >= 4 is 35.3 Å². The Morgan fingerprint density at radius 2 is 1.84 bits per heavy atom. The molecular formula is C17H16ClN3O4. The maximum Gasteiger partial charge on any atom is 0.329 e. The number of rotatable bonds is 5. The minimum absolute atomic E-state index is 0.332. The molecule has 0 bridgehead atoms. The fraction of sp³-hybridized carbons (Fsp3) is 0.118. The summed E-state index contributed by atoms with van der Waals surface area (Å²) in [5, 5.41) is 6.63. The molecule has 2 N–H and O–H groups in total. The third-order valence-corrected chi connectivity index (χ3v) is 3.48. The molecule has 0 aliphatic carbocycles. The number of carbonyl (C=O) groups excluding carboxylic acids is 2. The lowest BCUT2D eigenvalue weighted by molar-refractivity contribution is -0.136. The zero-order valence-electron chi connectivity index (χ0n) is 13.6. The van der Waals surface area contributed by atoms with Gasteiger partial charge in [-0.1, -0.05) is 29.8 Å². The summed E-state index contributed by atoms with van der Waals surface area (Å²) in [6.45, 7) is 0. The third-order valence-electron chi connectivity index (χ3n) is 3.14. The predicted molar refractivity (Wildman–Crippen MR) is 95.4 cm³/mol. The van der Waals surface area contributed by atoms with Crippen molar-refractivity contribution < 1.29 is 19.1 Å². The van der Waals surface area contributed by atoms with Gasteiger partial charge in [0.25, 0.3) is 0 Å². The summed E-state index contributed by atoms with van der Waals surface area (Å²) >= 11 is 5.96. The van der Waals surface area contributed by atoms with E-state index >= 15 is 0 Å². The van der Waals surface area contributed by atoms with Crippen molar-refractivity contribution in [3.8, 4) is 11.5 Å². The Hall–Kier alpha value is -3.06. The van der Waals surface area contributed by atoms with Gasteiger partial charge in [0.2, 0.25) is 0 Å². The van der Waals surface area contributed by atoms with Crippen LogP contribution in [0.5, 0.6) is 11.5 Å². The fourth-order valence-electron chi connectivity index (χ4n) is 1.87. The molecule has 0 heterocycles. The zero-order valence-corrected chi connectivity index (χ0v) is 14.3. The van der Waals surface area contributed by atoms with Gasteiger partial charge in [-0.3, -0.25) is 9.59 Å². The smallest absolute Gasteiger partial charge is 0.329 e. The van der Waals surface area contributed by atoms with Crippen LogP contribution in [0.15, 0.2) is 47.6 Å². The van der Waals surface area contributed by atoms with Crippen molar-refractivity contribution in [2.24, 2.45) is 5.10 Å². The molecule has 0 radical (unpaired) electrons. The van der Waals surface area contributed by atoms with Crippen molar-refractivity contribution in [3.63, 3.8) is 0 Å². The molecule has 130 valence electrons. The molecule has 0 saturated carbocycles. The number of halogens is 1. The molecule has 7 nitrogen and oxygen atoms in total. The van der Waals surface area contributed by atoms with E-state index in [2.05, 4.69) is 15.8 Å². The standard InChI is InChI=1S/C17H16ClN3O4/c1-24-12-7-8-14(15(9-12)25-2)20-16(22)17(23)21-19-10-11-5-3-4-6-13(11)18/h3-10H,1-2H3,(H,20,22)(H,21,23)/b19-10+. The zero-order chi connectivity index (χ0) is 18.2. The largest absolute Gasteiger partial charge is 0.497 e. The van der Waals surface area contributed by atoms with Gasteiger partial charge in [-0.05, 0) is 18.2 Å². The van der Waals surface area contributed by atoms with Crippen LogP contribution in [0.2, 0.25) is 5.02 Å². The summed E-state index contributed by atoms with van der Waals surface area (Å²) in [6, 6.07) is 11.7. The monoisotopic (exact) mass is 361 g/mol. The minimum atomic E-state index is -0.929. The molecule has 2 aromatic carbocycles. The van der Waals surface area contributed by atoms with Crippen LogP contribution < -0.4 is 20.2 Å². The van der Waals surface area contributed by atoms with E-state index in [-0.39, 0.29) is 0 Å². The highest BCUT2D eigenvalue weighted by molar-refractivity contribution is 6.39. The van der Waals surface area contributed by atoms with Crippen LogP contribution in [0, 0.1) is 0 Å². The van der Waals surface area contributed by atoms with Gasteiger partial charge in [-0.25, -0.2) is 5.43 Å². The average molecular weight is 362 g/mol. The predicted octanol–water partition coefficient (Wildman–Crippen LogP) is 2.45. The van der Waals surface area contributed by atoms with E-state index in [1.54, 1.807) is 42.5 Å². The number of hydrazone groups is 1. The van der Waals surface area contributed by atoms with Crippen molar-refractivity contribution in [2.45, 2.75) is 0 Å². The number of methoxy groups -OCH3 is 2. The number of ether oxygens (including phenoxy) is 2. The molecule has 0 aromatic heterocycles.